The number of halogens is 2. The molecule has 4 rings (SSSR count). The van der Waals surface area contributed by atoms with Crippen LogP contribution in [0.15, 0.2) is 83.8 Å². The number of hydrogen-bond acceptors (Lipinski definition) is 4. The van der Waals surface area contributed by atoms with Crippen molar-refractivity contribution < 1.29 is 18.0 Å². The molecule has 7 nitrogen and oxygen atoms in total. The lowest BCUT2D eigenvalue weighted by atomic mass is 9.95. The number of amides is 2. The molecule has 40 heavy (non-hydrogen) atoms. The molecule has 2 amide bonds. The third-order valence-corrected chi connectivity index (χ3v) is 9.43. The third-order valence-electron chi connectivity index (χ3n) is 7.10. The Labute approximate surface area is 246 Å². The molecule has 0 bridgehead atoms. The number of carbonyl (C=O) groups is 2. The van der Waals surface area contributed by atoms with Crippen LogP contribution in [0.5, 0.6) is 0 Å². The number of nitrogens with one attached hydrogen (secondary N) is 1. The summed E-state index contributed by atoms with van der Waals surface area (Å²) in [7, 11) is -4.22. The molecule has 1 atom stereocenters. The van der Waals surface area contributed by atoms with Crippen LogP contribution in [0, 0.1) is 0 Å². The Kier molecular flexibility index (Phi) is 10.1. The molecule has 0 unspecified atom stereocenters. The highest BCUT2D eigenvalue weighted by atomic mass is 35.5. The quantitative estimate of drug-likeness (QED) is 0.306. The number of rotatable bonds is 10. The minimum Gasteiger partial charge on any atom is -0.352 e. The molecule has 10 heteroatoms. The summed E-state index contributed by atoms with van der Waals surface area (Å²) in [5.41, 5.74) is 0.886. The molecule has 1 fully saturated rings. The first-order valence-corrected chi connectivity index (χ1v) is 15.5. The molecule has 0 saturated heterocycles. The number of sulfonamides is 1. The van der Waals surface area contributed by atoms with Gasteiger partial charge in [-0.05, 0) is 55.7 Å². The van der Waals surface area contributed by atoms with E-state index in [1.807, 2.05) is 30.3 Å². The smallest absolute Gasteiger partial charge is 0.264 e. The van der Waals surface area contributed by atoms with Crippen LogP contribution in [0.25, 0.3) is 0 Å². The van der Waals surface area contributed by atoms with E-state index in [0.717, 1.165) is 42.0 Å². The lowest BCUT2D eigenvalue weighted by Crippen LogP contribution is -2.53. The van der Waals surface area contributed by atoms with Crippen molar-refractivity contribution >= 4 is 50.7 Å². The fraction of sp³-hybridized carbons (Fsp3) is 0.333. The predicted molar refractivity (Wildman–Crippen MR) is 159 cm³/mol. The van der Waals surface area contributed by atoms with E-state index >= 15 is 0 Å². The maximum absolute atomic E-state index is 14.0. The van der Waals surface area contributed by atoms with Gasteiger partial charge in [0.25, 0.3) is 10.0 Å². The average Bonchev–Trinajstić information content (AvgIpc) is 2.97. The van der Waals surface area contributed by atoms with Gasteiger partial charge in [-0.3, -0.25) is 13.9 Å². The minimum atomic E-state index is -4.22. The van der Waals surface area contributed by atoms with Gasteiger partial charge in [0.15, 0.2) is 0 Å². The molecule has 0 aromatic heterocycles. The standard InChI is InChI=1S/C30H33Cl2N3O4S/c1-22(30(37)33-25-13-7-3-8-14-25)34(20-23-11-5-2-6-12-23)29(36)21-35(28-19-24(31)17-18-27(28)32)40(38,39)26-15-9-4-10-16-26/h2,4-6,9-12,15-19,22,25H,3,7-8,13-14,20-21H2,1H3,(H,33,37)/t22-/m1/s1. The van der Waals surface area contributed by atoms with Crippen LogP contribution >= 0.6 is 23.2 Å². The molecule has 1 N–H and O–H groups in total. The first kappa shape index (κ1) is 29.9. The second kappa shape index (κ2) is 13.5. The van der Waals surface area contributed by atoms with Gasteiger partial charge in [0.05, 0.1) is 15.6 Å². The van der Waals surface area contributed by atoms with E-state index in [-0.39, 0.29) is 39.1 Å². The van der Waals surface area contributed by atoms with E-state index < -0.39 is 28.5 Å². The zero-order valence-electron chi connectivity index (χ0n) is 22.3. The van der Waals surface area contributed by atoms with Crippen molar-refractivity contribution in [2.75, 3.05) is 10.8 Å². The van der Waals surface area contributed by atoms with Gasteiger partial charge in [-0.25, -0.2) is 8.42 Å². The van der Waals surface area contributed by atoms with E-state index in [0.29, 0.717) is 0 Å². The molecule has 1 aliphatic carbocycles. The maximum Gasteiger partial charge on any atom is 0.264 e. The first-order chi connectivity index (χ1) is 19.2. The largest absolute Gasteiger partial charge is 0.352 e. The van der Waals surface area contributed by atoms with Gasteiger partial charge >= 0.3 is 0 Å². The zero-order valence-corrected chi connectivity index (χ0v) is 24.6. The van der Waals surface area contributed by atoms with Gasteiger partial charge < -0.3 is 10.2 Å². The van der Waals surface area contributed by atoms with Crippen LogP contribution in [-0.2, 0) is 26.2 Å². The van der Waals surface area contributed by atoms with Gasteiger partial charge in [-0.2, -0.15) is 0 Å². The van der Waals surface area contributed by atoms with Gasteiger partial charge in [-0.1, -0.05) is 91.0 Å². The molecule has 1 saturated carbocycles. The number of anilines is 1. The van der Waals surface area contributed by atoms with Crippen LogP contribution in [-0.4, -0.2) is 43.8 Å². The Hall–Kier alpha value is -3.07. The number of benzene rings is 3. The van der Waals surface area contributed by atoms with E-state index in [4.69, 9.17) is 23.2 Å². The summed E-state index contributed by atoms with van der Waals surface area (Å²) in [6.07, 6.45) is 5.07. The summed E-state index contributed by atoms with van der Waals surface area (Å²) >= 11 is 12.7. The lowest BCUT2D eigenvalue weighted by molar-refractivity contribution is -0.139. The van der Waals surface area contributed by atoms with Crippen molar-refractivity contribution in [1.82, 2.24) is 10.2 Å². The molecule has 0 spiro atoms. The van der Waals surface area contributed by atoms with Crippen molar-refractivity contribution in [3.8, 4) is 0 Å². The Morgan fingerprint density at radius 3 is 2.20 bits per heavy atom. The maximum atomic E-state index is 14.0. The molecule has 1 aliphatic rings. The summed E-state index contributed by atoms with van der Waals surface area (Å²) in [6.45, 7) is 1.22. The molecular formula is C30H33Cl2N3O4S. The Morgan fingerprint density at radius 2 is 1.55 bits per heavy atom. The second-order valence-corrected chi connectivity index (χ2v) is 12.7. The number of nitrogens with zero attached hydrogens (tertiary/aromatic N) is 2. The Bertz CT molecular complexity index is 1420. The van der Waals surface area contributed by atoms with E-state index in [9.17, 15) is 18.0 Å². The van der Waals surface area contributed by atoms with Crippen molar-refractivity contribution in [2.45, 2.75) is 62.6 Å². The summed E-state index contributed by atoms with van der Waals surface area (Å²) in [4.78, 5) is 28.8. The Balaban J connectivity index is 1.68. The van der Waals surface area contributed by atoms with Crippen LogP contribution < -0.4 is 9.62 Å². The minimum absolute atomic E-state index is 0.00320. The molecule has 0 radical (unpaired) electrons. The van der Waals surface area contributed by atoms with E-state index in [1.165, 1.54) is 29.2 Å². The molecule has 212 valence electrons. The monoisotopic (exact) mass is 601 g/mol. The van der Waals surface area contributed by atoms with Crippen molar-refractivity contribution in [3.05, 3.63) is 94.5 Å². The first-order valence-electron chi connectivity index (χ1n) is 13.3. The van der Waals surface area contributed by atoms with E-state index in [1.54, 1.807) is 31.2 Å². The topological polar surface area (TPSA) is 86.8 Å². The average molecular weight is 603 g/mol. The lowest BCUT2D eigenvalue weighted by Gasteiger charge is -2.33. The highest BCUT2D eigenvalue weighted by Crippen LogP contribution is 2.33. The summed E-state index contributed by atoms with van der Waals surface area (Å²) in [6, 6.07) is 20.8. The molecule has 3 aromatic carbocycles. The van der Waals surface area contributed by atoms with Crippen molar-refractivity contribution in [2.24, 2.45) is 0 Å². The molecular weight excluding hydrogens is 569 g/mol. The molecule has 0 heterocycles. The SMILES string of the molecule is C[C@H](C(=O)NC1CCCCC1)N(Cc1ccccc1)C(=O)CN(c1cc(Cl)ccc1Cl)S(=O)(=O)c1ccccc1. The third kappa shape index (κ3) is 7.36. The summed E-state index contributed by atoms with van der Waals surface area (Å²) in [5.74, 6) is -0.819. The van der Waals surface area contributed by atoms with Crippen LogP contribution in [0.4, 0.5) is 5.69 Å². The van der Waals surface area contributed by atoms with Crippen LogP contribution in [0.3, 0.4) is 0 Å². The van der Waals surface area contributed by atoms with Crippen LogP contribution in [0.1, 0.15) is 44.6 Å². The zero-order chi connectivity index (χ0) is 28.7. The molecule has 0 aliphatic heterocycles. The van der Waals surface area contributed by atoms with Gasteiger partial charge in [-0.15, -0.1) is 0 Å². The van der Waals surface area contributed by atoms with Gasteiger partial charge in [0.2, 0.25) is 11.8 Å². The fourth-order valence-corrected chi connectivity index (χ4v) is 6.72. The van der Waals surface area contributed by atoms with E-state index in [2.05, 4.69) is 5.32 Å². The Morgan fingerprint density at radius 1 is 0.925 bits per heavy atom. The number of carbonyl (C=O) groups excluding carboxylic acids is 2. The highest BCUT2D eigenvalue weighted by Gasteiger charge is 2.34. The highest BCUT2D eigenvalue weighted by molar-refractivity contribution is 7.92. The van der Waals surface area contributed by atoms with Crippen molar-refractivity contribution in [1.29, 1.82) is 0 Å². The second-order valence-electron chi connectivity index (χ2n) is 9.95. The van der Waals surface area contributed by atoms with Crippen LogP contribution in [0.2, 0.25) is 10.0 Å². The molecule has 3 aromatic rings. The van der Waals surface area contributed by atoms with Crippen molar-refractivity contribution in [3.63, 3.8) is 0 Å². The normalized spacial score (nSPS) is 14.8. The fourth-order valence-electron chi connectivity index (χ4n) is 4.84. The summed E-state index contributed by atoms with van der Waals surface area (Å²) in [5, 5.41) is 3.48. The van der Waals surface area contributed by atoms with Gasteiger partial charge in [0.1, 0.15) is 12.6 Å². The predicted octanol–water partition coefficient (Wildman–Crippen LogP) is 6.05. The summed E-state index contributed by atoms with van der Waals surface area (Å²) < 4.78 is 28.7. The number of hydrogen-bond donors (Lipinski definition) is 1. The van der Waals surface area contributed by atoms with Gasteiger partial charge in [0, 0.05) is 17.6 Å².